The quantitative estimate of drug-likeness (QED) is 0.739. The van der Waals surface area contributed by atoms with E-state index in [-0.39, 0.29) is 11.9 Å². The van der Waals surface area contributed by atoms with Gasteiger partial charge < -0.3 is 15.4 Å². The van der Waals surface area contributed by atoms with E-state index in [1.165, 1.54) is 0 Å². The Morgan fingerprint density at radius 1 is 1.47 bits per heavy atom. The van der Waals surface area contributed by atoms with E-state index >= 15 is 0 Å². The molecule has 1 amide bonds. The molecule has 0 radical (unpaired) electrons. The van der Waals surface area contributed by atoms with Crippen molar-refractivity contribution in [2.45, 2.75) is 44.7 Å². The molecule has 2 atom stereocenters. The van der Waals surface area contributed by atoms with Gasteiger partial charge in [-0.2, -0.15) is 11.8 Å². The van der Waals surface area contributed by atoms with Gasteiger partial charge in [0.15, 0.2) is 0 Å². The molecule has 0 aromatic heterocycles. The molecule has 2 N–H and O–H groups in total. The topological polar surface area (TPSA) is 72.6 Å². The van der Waals surface area contributed by atoms with Gasteiger partial charge in [-0.15, -0.1) is 0 Å². The first-order chi connectivity index (χ1) is 9.11. The van der Waals surface area contributed by atoms with Crippen LogP contribution < -0.4 is 5.73 Å². The molecule has 0 bridgehead atoms. The number of likely N-dealkylation sites (tertiary alicyclic amines) is 1. The fraction of sp³-hybridized carbons (Fsp3) is 0.846. The SMILES string of the molecule is CCOC(=O)C1CCCCN1C(=O)[C@@H](N)CCSC. The number of carbonyl (C=O) groups is 2. The molecule has 110 valence electrons. The van der Waals surface area contributed by atoms with E-state index in [0.29, 0.717) is 26.0 Å². The average molecular weight is 288 g/mol. The molecule has 1 aliphatic heterocycles. The van der Waals surface area contributed by atoms with Crippen molar-refractivity contribution in [3.63, 3.8) is 0 Å². The van der Waals surface area contributed by atoms with Crippen LogP contribution in [0, 0.1) is 0 Å². The maximum Gasteiger partial charge on any atom is 0.328 e. The van der Waals surface area contributed by atoms with E-state index in [0.717, 1.165) is 18.6 Å². The maximum absolute atomic E-state index is 12.3. The van der Waals surface area contributed by atoms with E-state index in [2.05, 4.69) is 0 Å². The van der Waals surface area contributed by atoms with Gasteiger partial charge in [-0.05, 0) is 44.6 Å². The highest BCUT2D eigenvalue weighted by atomic mass is 32.2. The fourth-order valence-corrected chi connectivity index (χ4v) is 2.75. The second kappa shape index (κ2) is 8.43. The molecule has 0 aromatic carbocycles. The summed E-state index contributed by atoms with van der Waals surface area (Å²) >= 11 is 1.67. The third-order valence-corrected chi connectivity index (χ3v) is 3.94. The van der Waals surface area contributed by atoms with Crippen LogP contribution in [-0.4, -0.2) is 54.0 Å². The maximum atomic E-state index is 12.3. The van der Waals surface area contributed by atoms with Crippen LogP contribution in [0.2, 0.25) is 0 Å². The van der Waals surface area contributed by atoms with Crippen molar-refractivity contribution in [2.75, 3.05) is 25.2 Å². The third-order valence-electron chi connectivity index (χ3n) is 3.29. The van der Waals surface area contributed by atoms with Gasteiger partial charge in [-0.1, -0.05) is 0 Å². The normalized spacial score (nSPS) is 21.0. The van der Waals surface area contributed by atoms with Crippen molar-refractivity contribution in [3.05, 3.63) is 0 Å². The van der Waals surface area contributed by atoms with Crippen LogP contribution in [-0.2, 0) is 14.3 Å². The molecule has 1 saturated heterocycles. The van der Waals surface area contributed by atoms with Crippen molar-refractivity contribution in [1.29, 1.82) is 0 Å². The Kier molecular flexibility index (Phi) is 7.23. The van der Waals surface area contributed by atoms with Crippen molar-refractivity contribution >= 4 is 23.6 Å². The van der Waals surface area contributed by atoms with Gasteiger partial charge in [-0.3, -0.25) is 4.79 Å². The first kappa shape index (κ1) is 16.3. The molecule has 1 rings (SSSR count). The number of ether oxygens (including phenoxy) is 1. The standard InChI is InChI=1S/C13H24N2O3S/c1-3-18-13(17)11-6-4-5-8-15(11)12(16)10(14)7-9-19-2/h10-11H,3-9,14H2,1-2H3/t10-,11?/m0/s1. The number of esters is 1. The highest BCUT2D eigenvalue weighted by Crippen LogP contribution is 2.19. The monoisotopic (exact) mass is 288 g/mol. The van der Waals surface area contributed by atoms with Crippen LogP contribution in [0.5, 0.6) is 0 Å². The zero-order valence-corrected chi connectivity index (χ0v) is 12.6. The largest absolute Gasteiger partial charge is 0.464 e. The number of nitrogens with zero attached hydrogens (tertiary/aromatic N) is 1. The van der Waals surface area contributed by atoms with Crippen LogP contribution >= 0.6 is 11.8 Å². The summed E-state index contributed by atoms with van der Waals surface area (Å²) in [5.74, 6) is 0.435. The Balaban J connectivity index is 2.65. The molecule has 5 nitrogen and oxygen atoms in total. The molecule has 0 spiro atoms. The summed E-state index contributed by atoms with van der Waals surface area (Å²) in [4.78, 5) is 25.8. The van der Waals surface area contributed by atoms with E-state index in [1.54, 1.807) is 23.6 Å². The second-order valence-corrected chi connectivity index (χ2v) is 5.67. The molecule has 1 aliphatic rings. The average Bonchev–Trinajstić information content (AvgIpc) is 2.44. The van der Waals surface area contributed by atoms with Gasteiger partial charge in [0.2, 0.25) is 5.91 Å². The molecule has 0 saturated carbocycles. The molecule has 1 unspecified atom stereocenters. The molecule has 1 fully saturated rings. The lowest BCUT2D eigenvalue weighted by Gasteiger charge is -2.35. The Morgan fingerprint density at radius 3 is 2.84 bits per heavy atom. The predicted octanol–water partition coefficient (Wildman–Crippen LogP) is 1.01. The summed E-state index contributed by atoms with van der Waals surface area (Å²) in [6.07, 6.45) is 5.19. The van der Waals surface area contributed by atoms with Crippen LogP contribution in [0.4, 0.5) is 0 Å². The number of carbonyl (C=O) groups excluding carboxylic acids is 2. The number of hydrogen-bond donors (Lipinski definition) is 1. The van der Waals surface area contributed by atoms with Gasteiger partial charge in [0.25, 0.3) is 0 Å². The Bertz CT molecular complexity index is 312. The lowest BCUT2D eigenvalue weighted by molar-refractivity contribution is -0.157. The number of nitrogens with two attached hydrogens (primary N) is 1. The summed E-state index contributed by atoms with van der Waals surface area (Å²) in [5, 5.41) is 0. The van der Waals surface area contributed by atoms with Crippen molar-refractivity contribution in [3.8, 4) is 0 Å². The van der Waals surface area contributed by atoms with Crippen LogP contribution in [0.25, 0.3) is 0 Å². The molecule has 19 heavy (non-hydrogen) atoms. The highest BCUT2D eigenvalue weighted by Gasteiger charge is 2.34. The van der Waals surface area contributed by atoms with Crippen molar-refractivity contribution in [2.24, 2.45) is 5.73 Å². The van der Waals surface area contributed by atoms with Gasteiger partial charge in [-0.25, -0.2) is 4.79 Å². The summed E-state index contributed by atoms with van der Waals surface area (Å²) < 4.78 is 5.04. The minimum absolute atomic E-state index is 0.119. The second-order valence-electron chi connectivity index (χ2n) is 4.68. The summed E-state index contributed by atoms with van der Waals surface area (Å²) in [6, 6.07) is -0.955. The van der Waals surface area contributed by atoms with Gasteiger partial charge in [0.1, 0.15) is 6.04 Å². The van der Waals surface area contributed by atoms with Crippen molar-refractivity contribution in [1.82, 2.24) is 4.90 Å². The number of piperidine rings is 1. The Labute approximate surface area is 119 Å². The van der Waals surface area contributed by atoms with E-state index in [4.69, 9.17) is 10.5 Å². The molecule has 0 aromatic rings. The molecule has 1 heterocycles. The van der Waals surface area contributed by atoms with Gasteiger partial charge in [0, 0.05) is 6.54 Å². The van der Waals surface area contributed by atoms with E-state index < -0.39 is 12.1 Å². The van der Waals surface area contributed by atoms with E-state index in [9.17, 15) is 9.59 Å². The molecule has 6 heteroatoms. The first-order valence-electron chi connectivity index (χ1n) is 6.83. The third kappa shape index (κ3) is 4.69. The highest BCUT2D eigenvalue weighted by molar-refractivity contribution is 7.98. The number of rotatable bonds is 6. The molecule has 0 aliphatic carbocycles. The Morgan fingerprint density at radius 2 is 2.21 bits per heavy atom. The number of hydrogen-bond acceptors (Lipinski definition) is 5. The minimum atomic E-state index is -0.512. The fourth-order valence-electron chi connectivity index (χ4n) is 2.26. The number of amides is 1. The summed E-state index contributed by atoms with van der Waals surface area (Å²) in [6.45, 7) is 2.72. The number of thioether (sulfide) groups is 1. The Hall–Kier alpha value is -0.750. The smallest absolute Gasteiger partial charge is 0.328 e. The predicted molar refractivity (Wildman–Crippen MR) is 77.0 cm³/mol. The minimum Gasteiger partial charge on any atom is -0.464 e. The van der Waals surface area contributed by atoms with Crippen LogP contribution in [0.3, 0.4) is 0 Å². The first-order valence-corrected chi connectivity index (χ1v) is 8.22. The van der Waals surface area contributed by atoms with Gasteiger partial charge in [0.05, 0.1) is 12.6 Å². The van der Waals surface area contributed by atoms with Crippen molar-refractivity contribution < 1.29 is 14.3 Å². The van der Waals surface area contributed by atoms with E-state index in [1.807, 2.05) is 6.26 Å². The molecular weight excluding hydrogens is 264 g/mol. The van der Waals surface area contributed by atoms with Gasteiger partial charge >= 0.3 is 5.97 Å². The van der Waals surface area contributed by atoms with Crippen LogP contribution in [0.1, 0.15) is 32.6 Å². The summed E-state index contributed by atoms with van der Waals surface area (Å²) in [5.41, 5.74) is 5.91. The lowest BCUT2D eigenvalue weighted by Crippen LogP contribution is -2.54. The lowest BCUT2D eigenvalue weighted by atomic mass is 10.0. The van der Waals surface area contributed by atoms with Crippen LogP contribution in [0.15, 0.2) is 0 Å². The zero-order valence-electron chi connectivity index (χ0n) is 11.8. The molecular formula is C13H24N2O3S. The summed E-state index contributed by atoms with van der Waals surface area (Å²) in [7, 11) is 0. The zero-order chi connectivity index (χ0) is 14.3.